The summed E-state index contributed by atoms with van der Waals surface area (Å²) < 4.78 is 22.8. The highest BCUT2D eigenvalue weighted by Gasteiger charge is 2.36. The van der Waals surface area contributed by atoms with Crippen LogP contribution in [0.3, 0.4) is 0 Å². The lowest BCUT2D eigenvalue weighted by Gasteiger charge is -2.25. The summed E-state index contributed by atoms with van der Waals surface area (Å²) in [5.74, 6) is -7.91. The molecule has 13 N–H and O–H groups in total. The lowest BCUT2D eigenvalue weighted by atomic mass is 10.0. The molecule has 0 spiro atoms. The van der Waals surface area contributed by atoms with Crippen LogP contribution in [-0.4, -0.2) is 160 Å². The van der Waals surface area contributed by atoms with Gasteiger partial charge in [-0.15, -0.1) is 15.2 Å². The number of carbonyl (C=O) groups excluding carboxylic acids is 18. The van der Waals surface area contributed by atoms with Gasteiger partial charge in [0.1, 0.15) is 31.3 Å². The molecule has 0 unspecified atom stereocenters. The summed E-state index contributed by atoms with van der Waals surface area (Å²) in [5.41, 5.74) is 18.1. The average Bonchev–Trinajstić information content (AvgIpc) is 1.52. The minimum atomic E-state index is -1.17. The number of hydrogen-bond donors (Lipinski definition) is 10. The number of hydroxylamine groups is 6. The molecule has 36 nitrogen and oxygen atoms in total. The molecule has 5 rings (SSSR count). The molecule has 0 radical (unpaired) electrons. The van der Waals surface area contributed by atoms with Gasteiger partial charge < -0.3 is 78.4 Å². The van der Waals surface area contributed by atoms with Gasteiger partial charge in [0.15, 0.2) is 2.74 Å². The normalized spacial score (nSPS) is 14.3. The number of rotatable bonds is 40. The summed E-state index contributed by atoms with van der Waals surface area (Å²) in [5, 5.41) is 19.9. The van der Waals surface area contributed by atoms with E-state index in [1.54, 1.807) is 76.2 Å². The highest BCUT2D eigenvalue weighted by atomic mass is 16.7. The first-order valence-corrected chi connectivity index (χ1v) is 33.2. The van der Waals surface area contributed by atoms with E-state index in [2.05, 4.69) is 46.7 Å². The first-order valence-electron chi connectivity index (χ1n) is 34.2. The topological polar surface area (TPSA) is 525 Å². The zero-order valence-electron chi connectivity index (χ0n) is 59.4. The molecule has 0 aliphatic carbocycles. The Hall–Kier alpha value is -10.9. The first kappa shape index (κ1) is 87.3. The van der Waals surface area contributed by atoms with Gasteiger partial charge in [-0.1, -0.05) is 92.5 Å². The molecule has 3 aliphatic heterocycles. The van der Waals surface area contributed by atoms with Crippen LogP contribution in [0.2, 0.25) is 0 Å². The van der Waals surface area contributed by atoms with Crippen LogP contribution in [-0.2, 0) is 114 Å². The van der Waals surface area contributed by atoms with Gasteiger partial charge in [-0.3, -0.25) is 62.3 Å². The molecule has 36 heteroatoms. The Kier molecular flexibility index (Phi) is 41.6. The van der Waals surface area contributed by atoms with E-state index in [1.807, 2.05) is 0 Å². The third kappa shape index (κ3) is 35.6. The Bertz CT molecular complexity index is 3260. The highest BCUT2D eigenvalue weighted by Crippen LogP contribution is 2.19. The maximum Gasteiger partial charge on any atom is 0.333 e. The number of carbonyl (C=O) groups is 18. The minimum Gasteiger partial charge on any atom is -0.463 e. The fourth-order valence-electron chi connectivity index (χ4n) is 9.46. The minimum absolute atomic E-state index is 0. The van der Waals surface area contributed by atoms with Crippen molar-refractivity contribution in [3.05, 3.63) is 59.7 Å². The van der Waals surface area contributed by atoms with Gasteiger partial charge >= 0.3 is 30.0 Å². The number of hydrogen-bond acceptors (Lipinski definition) is 24. The number of primary amides is 2. The molecule has 576 valence electrons. The fraction of sp³-hybridized carbons (Fsp3) is 0.559. The number of amides is 15. The molecule has 3 fully saturated rings. The van der Waals surface area contributed by atoms with Crippen molar-refractivity contribution in [2.24, 2.45) is 29.0 Å². The predicted molar refractivity (Wildman–Crippen MR) is 369 cm³/mol. The van der Waals surface area contributed by atoms with E-state index in [4.69, 9.17) is 34.5 Å². The van der Waals surface area contributed by atoms with E-state index >= 15 is 0 Å². The molecule has 0 saturated carbocycles. The van der Waals surface area contributed by atoms with Crippen LogP contribution in [0.25, 0.3) is 0 Å². The van der Waals surface area contributed by atoms with Crippen LogP contribution in [0.15, 0.2) is 48.5 Å². The molecule has 3 aliphatic rings. The zero-order valence-corrected chi connectivity index (χ0v) is 57.4. The number of unbranched alkanes of at least 4 members (excludes halogenated alkanes) is 6. The molecule has 0 aromatic heterocycles. The maximum atomic E-state index is 13.3. The van der Waals surface area contributed by atoms with Crippen molar-refractivity contribution in [2.75, 3.05) is 23.7 Å². The van der Waals surface area contributed by atoms with Crippen molar-refractivity contribution in [1.29, 1.82) is 0 Å². The summed E-state index contributed by atoms with van der Waals surface area (Å²) >= 11 is 0. The molecule has 2 aromatic rings. The van der Waals surface area contributed by atoms with Gasteiger partial charge in [-0.05, 0) is 98.6 Å². The number of ether oxygens (including phenoxy) is 2. The summed E-state index contributed by atoms with van der Waals surface area (Å²) in [6.45, 7) is 7.38. The van der Waals surface area contributed by atoms with Gasteiger partial charge in [0.2, 0.25) is 29.5 Å². The van der Waals surface area contributed by atoms with Crippen molar-refractivity contribution in [2.45, 2.75) is 221 Å². The number of anilines is 2. The van der Waals surface area contributed by atoms with Gasteiger partial charge in [0.05, 0.1) is 6.04 Å². The Balaban J connectivity index is 0.000000836. The van der Waals surface area contributed by atoms with E-state index in [0.717, 1.165) is 0 Å². The van der Waals surface area contributed by atoms with Crippen LogP contribution in [0.5, 0.6) is 0 Å². The highest BCUT2D eigenvalue weighted by molar-refractivity contribution is 6.03. The second-order valence-electron chi connectivity index (χ2n) is 24.1. The number of imide groups is 3. The van der Waals surface area contributed by atoms with Gasteiger partial charge in [-0.2, -0.15) is 0 Å². The number of nitrogens with two attached hydrogens (primary N) is 3. The summed E-state index contributed by atoms with van der Waals surface area (Å²) in [6, 6.07) is 7.85. The lowest BCUT2D eigenvalue weighted by Crippen LogP contribution is -2.54. The van der Waals surface area contributed by atoms with E-state index in [9.17, 15) is 86.3 Å². The molecular formula is C68H101N13O23. The molecule has 4 atom stereocenters. The van der Waals surface area contributed by atoms with Crippen molar-refractivity contribution < 1.29 is 113 Å². The van der Waals surface area contributed by atoms with Crippen molar-refractivity contribution in [1.82, 2.24) is 41.8 Å². The van der Waals surface area contributed by atoms with E-state index in [0.29, 0.717) is 102 Å². The van der Waals surface area contributed by atoms with Crippen LogP contribution in [0.1, 0.15) is 198 Å². The molecule has 104 heavy (non-hydrogen) atoms. The van der Waals surface area contributed by atoms with Crippen LogP contribution >= 0.6 is 0 Å². The smallest absolute Gasteiger partial charge is 0.333 e. The Morgan fingerprint density at radius 1 is 0.452 bits per heavy atom. The molecule has 0 bridgehead atoms. The first-order chi connectivity index (χ1) is 49.2. The Labute approximate surface area is 605 Å². The molecule has 2 aromatic carbocycles. The Morgan fingerprint density at radius 3 is 1.07 bits per heavy atom. The van der Waals surface area contributed by atoms with Gasteiger partial charge in [0.25, 0.3) is 48.3 Å². The third-order valence-electron chi connectivity index (χ3n) is 15.2. The largest absolute Gasteiger partial charge is 0.463 e. The van der Waals surface area contributed by atoms with Crippen LogP contribution in [0, 0.1) is 11.8 Å². The second kappa shape index (κ2) is 49.6. The molecule has 15 amide bonds. The summed E-state index contributed by atoms with van der Waals surface area (Å²) in [6.07, 6.45) is 3.69. The Morgan fingerprint density at radius 2 is 0.769 bits per heavy atom. The van der Waals surface area contributed by atoms with E-state index in [-0.39, 0.29) is 136 Å². The number of nitrogens with one attached hydrogen (secondary N) is 7. The number of nitrogens with zero attached hydrogens (tertiary/aromatic N) is 3. The van der Waals surface area contributed by atoms with Gasteiger partial charge in [-0.25, -0.2) is 24.0 Å². The SMILES string of the molecule is C.C.O=C(CCCCCCC(=O)ON1C(=O)CCC1=O)ON1C(=O)CCC1=O.[2H]C(=O)OCc1ccc(NC(=O)[C@H](CCCNC(N)=O)NC(=O)[C@@H](N)C(C)C)cc1.[2H]C(=O)OCc1ccc(NC(=O)[C@H](CCCNC(N)=O)NC(=O)[C@@H](NC(=O)CCCCCCC(=O)ON2C(=O)CCC2=O)C(C)C)cc1. The average molecular weight is 1470 g/mol. The lowest BCUT2D eigenvalue weighted by molar-refractivity contribution is -0.197. The van der Waals surface area contributed by atoms with Crippen molar-refractivity contribution >= 4 is 119 Å². The number of benzene rings is 2. The van der Waals surface area contributed by atoms with E-state index < -0.39 is 126 Å². The summed E-state index contributed by atoms with van der Waals surface area (Å²) in [4.78, 5) is 225. The number of urea groups is 2. The molecular weight excluding hydrogens is 1370 g/mol. The standard InChI is InChI=1S/C31H44N6O10.C19H29N5O5.C16H20N2O8.2CH4/c1-20(2)28(36-24(39)9-5-3-4-6-10-27(42)47-37-25(40)15-16-26(37)41)30(44)35-23(8-7-17-33-31(32)45)29(43)34-22-13-11-21(12-14-22)18-46-19-38;1-12(2)16(20)18(27)24-15(4-3-9-22-19(21)28)17(26)23-14-7-5-13(6-8-14)10-29-11-25;19-11-7-8-12(20)17(11)25-15(23)5-3-1-2-4-6-16(24)26-18-13(21)9-10-14(18)22;;/h11-14,19-20,23,28H,3-10,15-18H2,1-2H3,(H,34,43)(H,35,44)(H,36,39)(H3,32,33,45);5-8,11-12,15-16H,3-4,9-10,20H2,1-2H3,(H,23,26)(H,24,27)(H3,21,22,28);1-10H2;2*1H4/t23-,28-;15-,16-;;;/m00.../s1/i19D;11D;;;. The monoisotopic (exact) mass is 1470 g/mol. The van der Waals surface area contributed by atoms with E-state index in [1.165, 1.54) is 0 Å². The fourth-order valence-corrected chi connectivity index (χ4v) is 9.46. The van der Waals surface area contributed by atoms with Crippen LogP contribution in [0.4, 0.5) is 21.0 Å². The van der Waals surface area contributed by atoms with Crippen molar-refractivity contribution in [3.8, 4) is 0 Å². The quantitative estimate of drug-likeness (QED) is 0.0260. The molecule has 3 heterocycles. The predicted octanol–water partition coefficient (Wildman–Crippen LogP) is 3.35. The summed E-state index contributed by atoms with van der Waals surface area (Å²) in [7, 11) is 0. The third-order valence-corrected chi connectivity index (χ3v) is 15.2. The maximum absolute atomic E-state index is 13.3. The van der Waals surface area contributed by atoms with Crippen molar-refractivity contribution in [3.63, 3.8) is 0 Å². The second-order valence-corrected chi connectivity index (χ2v) is 24.1. The molecule has 3 saturated heterocycles. The zero-order chi connectivity index (χ0) is 77.4. The van der Waals surface area contributed by atoms with Gasteiger partial charge in [0, 0.05) is 88.7 Å². The van der Waals surface area contributed by atoms with Crippen LogP contribution < -0.4 is 54.4 Å².